The van der Waals surface area contributed by atoms with E-state index in [0.717, 1.165) is 28.4 Å². The molecular weight excluding hydrogens is 340 g/mol. The van der Waals surface area contributed by atoms with Gasteiger partial charge in [0.05, 0.1) is 5.69 Å². The average molecular weight is 365 g/mol. The summed E-state index contributed by atoms with van der Waals surface area (Å²) in [6.45, 7) is 6.46. The highest BCUT2D eigenvalue weighted by Crippen LogP contribution is 2.22. The van der Waals surface area contributed by atoms with E-state index >= 15 is 0 Å². The van der Waals surface area contributed by atoms with Gasteiger partial charge in [-0.15, -0.1) is 0 Å². The van der Waals surface area contributed by atoms with Crippen LogP contribution in [0, 0.1) is 13.8 Å². The number of rotatable bonds is 6. The molecule has 0 aliphatic carbocycles. The summed E-state index contributed by atoms with van der Waals surface area (Å²) in [5.41, 5.74) is 6.97. The first-order valence-corrected chi connectivity index (χ1v) is 9.54. The van der Waals surface area contributed by atoms with Crippen LogP contribution in [0.1, 0.15) is 42.3 Å². The maximum atomic E-state index is 6.01. The van der Waals surface area contributed by atoms with Gasteiger partial charge in [-0.1, -0.05) is 37.1 Å². The zero-order valence-electron chi connectivity index (χ0n) is 15.7. The third kappa shape index (κ3) is 4.25. The van der Waals surface area contributed by atoms with Gasteiger partial charge in [-0.25, -0.2) is 0 Å². The average Bonchev–Trinajstić information content (AvgIpc) is 2.93. The number of halogens is 1. The fourth-order valence-corrected chi connectivity index (χ4v) is 3.31. The summed E-state index contributed by atoms with van der Waals surface area (Å²) >= 11 is 6.01. The molecule has 3 heteroatoms. The minimum atomic E-state index is 0.750. The number of unbranched alkanes of at least 4 members (excludes halogenated alkanes) is 1. The SMILES string of the molecule is CCCCc1ccc(N=Cc2cc(C)n(-c3ccc(Cl)cc3)c2C)cc1. The van der Waals surface area contributed by atoms with Crippen LogP contribution in [0.15, 0.2) is 59.6 Å². The highest BCUT2D eigenvalue weighted by Gasteiger charge is 2.09. The van der Waals surface area contributed by atoms with Crippen molar-refractivity contribution in [3.63, 3.8) is 0 Å². The van der Waals surface area contributed by atoms with Crippen LogP contribution in [0.25, 0.3) is 5.69 Å². The van der Waals surface area contributed by atoms with Crippen molar-refractivity contribution in [1.29, 1.82) is 0 Å². The second kappa shape index (κ2) is 8.37. The Hall–Kier alpha value is -2.32. The molecule has 0 saturated heterocycles. The Morgan fingerprint density at radius 2 is 1.69 bits per heavy atom. The molecule has 0 radical (unpaired) electrons. The van der Waals surface area contributed by atoms with E-state index in [-0.39, 0.29) is 0 Å². The zero-order valence-corrected chi connectivity index (χ0v) is 16.4. The van der Waals surface area contributed by atoms with E-state index in [4.69, 9.17) is 11.6 Å². The Labute approximate surface area is 161 Å². The Morgan fingerprint density at radius 1 is 1.00 bits per heavy atom. The van der Waals surface area contributed by atoms with Gasteiger partial charge in [-0.3, -0.25) is 4.99 Å². The maximum Gasteiger partial charge on any atom is 0.0630 e. The van der Waals surface area contributed by atoms with Crippen LogP contribution in [-0.4, -0.2) is 10.8 Å². The van der Waals surface area contributed by atoms with Crippen LogP contribution in [0.5, 0.6) is 0 Å². The third-order valence-electron chi connectivity index (χ3n) is 4.66. The smallest absolute Gasteiger partial charge is 0.0630 e. The van der Waals surface area contributed by atoms with Gasteiger partial charge in [0, 0.05) is 33.9 Å². The molecule has 0 unspecified atom stereocenters. The normalized spacial score (nSPS) is 11.4. The lowest BCUT2D eigenvalue weighted by Gasteiger charge is -2.09. The number of aryl methyl sites for hydroxylation is 2. The van der Waals surface area contributed by atoms with Gasteiger partial charge in [-0.05, 0) is 74.7 Å². The van der Waals surface area contributed by atoms with E-state index in [9.17, 15) is 0 Å². The molecule has 26 heavy (non-hydrogen) atoms. The fraction of sp³-hybridized carbons (Fsp3) is 0.261. The quantitative estimate of drug-likeness (QED) is 0.426. The second-order valence-electron chi connectivity index (χ2n) is 6.67. The summed E-state index contributed by atoms with van der Waals surface area (Å²) in [6.07, 6.45) is 5.56. The Balaban J connectivity index is 1.81. The van der Waals surface area contributed by atoms with E-state index < -0.39 is 0 Å². The molecule has 0 bridgehead atoms. The van der Waals surface area contributed by atoms with E-state index in [1.807, 2.05) is 30.5 Å². The molecular formula is C23H25ClN2. The van der Waals surface area contributed by atoms with Gasteiger partial charge >= 0.3 is 0 Å². The Kier molecular flexibility index (Phi) is 5.95. The number of hydrogen-bond donors (Lipinski definition) is 0. The van der Waals surface area contributed by atoms with Crippen molar-refractivity contribution in [2.75, 3.05) is 0 Å². The van der Waals surface area contributed by atoms with Gasteiger partial charge in [0.25, 0.3) is 0 Å². The summed E-state index contributed by atoms with van der Waals surface area (Å²) < 4.78 is 2.23. The number of nitrogens with zero attached hydrogens (tertiary/aromatic N) is 2. The predicted molar refractivity (Wildman–Crippen MR) is 113 cm³/mol. The fourth-order valence-electron chi connectivity index (χ4n) is 3.18. The predicted octanol–water partition coefficient (Wildman–Crippen LogP) is 6.84. The van der Waals surface area contributed by atoms with Crippen molar-refractivity contribution >= 4 is 23.5 Å². The van der Waals surface area contributed by atoms with E-state index in [0.29, 0.717) is 0 Å². The summed E-state index contributed by atoms with van der Waals surface area (Å²) in [5, 5.41) is 0.750. The van der Waals surface area contributed by atoms with Crippen molar-refractivity contribution in [3.05, 3.63) is 82.1 Å². The minimum Gasteiger partial charge on any atom is -0.318 e. The molecule has 3 aromatic rings. The van der Waals surface area contributed by atoms with Crippen molar-refractivity contribution < 1.29 is 0 Å². The Bertz CT molecular complexity index is 887. The molecule has 0 atom stereocenters. The molecule has 0 amide bonds. The zero-order chi connectivity index (χ0) is 18.5. The van der Waals surface area contributed by atoms with Gasteiger partial charge in [0.1, 0.15) is 0 Å². The minimum absolute atomic E-state index is 0.750. The summed E-state index contributed by atoms with van der Waals surface area (Å²) in [7, 11) is 0. The molecule has 0 aliphatic heterocycles. The van der Waals surface area contributed by atoms with Crippen molar-refractivity contribution in [2.45, 2.75) is 40.0 Å². The number of aromatic nitrogens is 1. The maximum absolute atomic E-state index is 6.01. The number of aliphatic imine (C=N–C) groups is 1. The first-order valence-electron chi connectivity index (χ1n) is 9.16. The molecule has 0 saturated carbocycles. The summed E-state index contributed by atoms with van der Waals surface area (Å²) in [6, 6.07) is 18.6. The molecule has 2 aromatic carbocycles. The van der Waals surface area contributed by atoms with E-state index in [1.165, 1.54) is 29.8 Å². The molecule has 2 nitrogen and oxygen atoms in total. The van der Waals surface area contributed by atoms with Crippen LogP contribution >= 0.6 is 11.6 Å². The highest BCUT2D eigenvalue weighted by atomic mass is 35.5. The first-order chi connectivity index (χ1) is 12.6. The molecule has 1 aromatic heterocycles. The Morgan fingerprint density at radius 3 is 2.35 bits per heavy atom. The lowest BCUT2D eigenvalue weighted by molar-refractivity contribution is 0.795. The molecule has 0 spiro atoms. The monoisotopic (exact) mass is 364 g/mol. The first kappa shape index (κ1) is 18.5. The van der Waals surface area contributed by atoms with Crippen molar-refractivity contribution in [3.8, 4) is 5.69 Å². The van der Waals surface area contributed by atoms with Crippen molar-refractivity contribution in [1.82, 2.24) is 4.57 Å². The van der Waals surface area contributed by atoms with Crippen LogP contribution in [0.3, 0.4) is 0 Å². The number of hydrogen-bond acceptors (Lipinski definition) is 1. The molecule has 0 aliphatic rings. The molecule has 0 N–H and O–H groups in total. The standard InChI is InChI=1S/C23H25ClN2/c1-4-5-6-19-7-11-22(12-8-19)25-16-20-15-17(2)26(18(20)3)23-13-9-21(24)10-14-23/h7-16H,4-6H2,1-3H3. The molecule has 3 rings (SSSR count). The highest BCUT2D eigenvalue weighted by molar-refractivity contribution is 6.30. The van der Waals surface area contributed by atoms with E-state index in [1.54, 1.807) is 0 Å². The molecule has 134 valence electrons. The third-order valence-corrected chi connectivity index (χ3v) is 4.92. The van der Waals surface area contributed by atoms with Crippen LogP contribution < -0.4 is 0 Å². The van der Waals surface area contributed by atoms with Crippen LogP contribution in [0.4, 0.5) is 5.69 Å². The van der Waals surface area contributed by atoms with Gasteiger partial charge < -0.3 is 4.57 Å². The lowest BCUT2D eigenvalue weighted by Crippen LogP contribution is -1.99. The second-order valence-corrected chi connectivity index (χ2v) is 7.10. The summed E-state index contributed by atoms with van der Waals surface area (Å²) in [5.74, 6) is 0. The van der Waals surface area contributed by atoms with Crippen LogP contribution in [0.2, 0.25) is 5.02 Å². The van der Waals surface area contributed by atoms with Gasteiger partial charge in [-0.2, -0.15) is 0 Å². The van der Waals surface area contributed by atoms with E-state index in [2.05, 4.69) is 60.7 Å². The van der Waals surface area contributed by atoms with Crippen LogP contribution in [-0.2, 0) is 6.42 Å². The number of benzene rings is 2. The largest absolute Gasteiger partial charge is 0.318 e. The molecule has 0 fully saturated rings. The van der Waals surface area contributed by atoms with Crippen molar-refractivity contribution in [2.24, 2.45) is 4.99 Å². The topological polar surface area (TPSA) is 17.3 Å². The van der Waals surface area contributed by atoms with Gasteiger partial charge in [0.2, 0.25) is 0 Å². The lowest BCUT2D eigenvalue weighted by atomic mass is 10.1. The van der Waals surface area contributed by atoms with Gasteiger partial charge in [0.15, 0.2) is 0 Å². The summed E-state index contributed by atoms with van der Waals surface area (Å²) in [4.78, 5) is 4.66. The molecule has 1 heterocycles.